The molecular weight excluding hydrogens is 607 g/mol. The van der Waals surface area contributed by atoms with E-state index in [0.717, 1.165) is 32.6 Å². The molecule has 2 heterocycles. The molecule has 6 heteroatoms. The monoisotopic (exact) mass is 636 g/mol. The van der Waals surface area contributed by atoms with Crippen LogP contribution in [0.5, 0.6) is 0 Å². The van der Waals surface area contributed by atoms with Crippen molar-refractivity contribution in [1.82, 2.24) is 0 Å². The first-order valence-electron chi connectivity index (χ1n) is 12.3. The molecule has 0 amide bonds. The molecule has 0 aliphatic rings. The van der Waals surface area contributed by atoms with Gasteiger partial charge in [-0.3, -0.25) is 0 Å². The number of fused-ring (bicyclic) bond motifs is 2. The van der Waals surface area contributed by atoms with Gasteiger partial charge in [0.25, 0.3) is 0 Å². The van der Waals surface area contributed by atoms with Crippen LogP contribution in [0, 0.1) is 27.7 Å². The van der Waals surface area contributed by atoms with Crippen LogP contribution in [0.15, 0.2) is 93.8 Å². The number of aryl methyl sites for hydroxylation is 4. The van der Waals surface area contributed by atoms with Gasteiger partial charge in [-0.2, -0.15) is 12.1 Å². The van der Waals surface area contributed by atoms with E-state index in [9.17, 15) is 0 Å². The Bertz CT molecular complexity index is 1450. The molecule has 6 aromatic rings. The third-order valence-corrected chi connectivity index (χ3v) is 5.80. The Kier molecular flexibility index (Phi) is 11.9. The van der Waals surface area contributed by atoms with Crippen molar-refractivity contribution in [3.05, 3.63) is 108 Å². The minimum atomic E-state index is -0.826. The Labute approximate surface area is 247 Å². The molecule has 6 rings (SSSR count). The van der Waals surface area contributed by atoms with E-state index in [2.05, 4.69) is 87.6 Å². The van der Waals surface area contributed by atoms with Gasteiger partial charge in [0.05, 0.1) is 0 Å². The molecule has 0 fully saturated rings. The number of halogens is 2. The summed E-state index contributed by atoms with van der Waals surface area (Å²) in [4.78, 5) is 0. The molecule has 0 atom stereocenters. The van der Waals surface area contributed by atoms with Gasteiger partial charge in [-0.05, 0) is 49.2 Å². The first kappa shape index (κ1) is 30.4. The summed E-state index contributed by atoms with van der Waals surface area (Å²) in [6.45, 7) is 12.5. The van der Waals surface area contributed by atoms with Crippen LogP contribution < -0.4 is 0 Å². The van der Waals surface area contributed by atoms with E-state index in [1.165, 1.54) is 43.8 Å². The second kappa shape index (κ2) is 14.9. The normalized spacial score (nSPS) is 10.1. The summed E-state index contributed by atoms with van der Waals surface area (Å²) in [5.74, 6) is 3.81. The summed E-state index contributed by atoms with van der Waals surface area (Å²) in [5, 5.41) is 5.11. The molecule has 194 valence electrons. The minimum absolute atomic E-state index is 0.826. The van der Waals surface area contributed by atoms with Crippen molar-refractivity contribution in [3.63, 3.8) is 0 Å². The van der Waals surface area contributed by atoms with Gasteiger partial charge in [-0.25, -0.2) is 0 Å². The molecule has 0 N–H and O–H groups in total. The molecule has 2 aromatic heterocycles. The molecule has 0 bridgehead atoms. The Hall–Kier alpha value is -2.10. The molecule has 4 aromatic carbocycles. The number of hydrogen-bond donors (Lipinski definition) is 0. The van der Waals surface area contributed by atoms with E-state index >= 15 is 0 Å². The van der Waals surface area contributed by atoms with Crippen molar-refractivity contribution in [2.45, 2.75) is 40.8 Å². The zero-order valence-electron chi connectivity index (χ0n) is 22.7. The zero-order chi connectivity index (χ0) is 27.7. The van der Waals surface area contributed by atoms with E-state index in [0.29, 0.717) is 0 Å². The fourth-order valence-corrected chi connectivity index (χ4v) is 4.36. The summed E-state index contributed by atoms with van der Waals surface area (Å²) >= 11 is -0.826. The predicted molar refractivity (Wildman–Crippen MR) is 163 cm³/mol. The molecule has 0 saturated heterocycles. The molecule has 38 heavy (non-hydrogen) atoms. The van der Waals surface area contributed by atoms with Crippen molar-refractivity contribution < 1.29 is 29.7 Å². The second-order valence-electron chi connectivity index (χ2n) is 9.07. The first-order valence-corrected chi connectivity index (χ1v) is 20.6. The van der Waals surface area contributed by atoms with Gasteiger partial charge in [0.1, 0.15) is 23.0 Å². The van der Waals surface area contributed by atoms with Crippen molar-refractivity contribution in [1.29, 1.82) is 0 Å². The molecule has 0 unspecified atom stereocenters. The number of benzene rings is 2. The Morgan fingerprint density at radius 2 is 1.00 bits per heavy atom. The topological polar surface area (TPSA) is 26.3 Å². The fourth-order valence-electron chi connectivity index (χ4n) is 4.36. The third kappa shape index (κ3) is 7.96. The third-order valence-electron chi connectivity index (χ3n) is 5.80. The maximum absolute atomic E-state index is 5.69. The van der Waals surface area contributed by atoms with E-state index in [1.54, 1.807) is 0 Å². The van der Waals surface area contributed by atoms with Gasteiger partial charge in [0.15, 0.2) is 0 Å². The van der Waals surface area contributed by atoms with E-state index < -0.39 is 20.8 Å². The van der Waals surface area contributed by atoms with Gasteiger partial charge >= 0.3 is 37.9 Å². The van der Waals surface area contributed by atoms with Crippen molar-refractivity contribution in [2.75, 3.05) is 0 Å². The number of hydrogen-bond acceptors (Lipinski definition) is 2. The maximum atomic E-state index is 5.69. The van der Waals surface area contributed by atoms with Crippen LogP contribution in [0.2, 0.25) is 13.1 Å². The van der Waals surface area contributed by atoms with E-state index in [4.69, 9.17) is 25.9 Å². The predicted octanol–water partition coefficient (Wildman–Crippen LogP) is 11.0. The molecule has 0 aliphatic carbocycles. The standard InChI is InChI=1S/2C15H13O.C2H6Si.2ClH.Zr/c2*1-10-8-12-4-3-5-13(14(12)9-10)15-7-6-11(2)16-15;1-3-2;;;/h2*3-9H,1-2H3;1-2H3;2*1H;/q2*-1;;;;+4/p-2. The Morgan fingerprint density at radius 1 is 0.632 bits per heavy atom. The summed E-state index contributed by atoms with van der Waals surface area (Å²) < 4.78 is 11.4. The van der Waals surface area contributed by atoms with Crippen LogP contribution >= 0.6 is 17.0 Å². The van der Waals surface area contributed by atoms with Gasteiger partial charge in [-0.1, -0.05) is 39.1 Å². The molecule has 0 aliphatic heterocycles. The average molecular weight is 639 g/mol. The average Bonchev–Trinajstić information content (AvgIpc) is 3.66. The molecule has 2 nitrogen and oxygen atoms in total. The van der Waals surface area contributed by atoms with Crippen molar-refractivity contribution in [3.8, 4) is 22.6 Å². The van der Waals surface area contributed by atoms with Gasteiger partial charge in [0, 0.05) is 9.52 Å². The van der Waals surface area contributed by atoms with Crippen LogP contribution in [-0.2, 0) is 20.8 Å². The second-order valence-corrected chi connectivity index (χ2v) is 13.8. The number of furan rings is 2. The molecule has 0 saturated carbocycles. The van der Waals surface area contributed by atoms with E-state index in [1.807, 2.05) is 38.1 Å². The SMILES string of the molecule is C[Si]C.Cc1cc2c(-c3ccc(C)o3)cccc2[cH-]1.Cc1cc2c(-c3ccc(C)o3)cccc2[cH-]1.[Cl][Zr+2][Cl]. The van der Waals surface area contributed by atoms with Crippen LogP contribution in [0.25, 0.3) is 44.2 Å². The van der Waals surface area contributed by atoms with Crippen LogP contribution in [0.1, 0.15) is 22.6 Å². The molecular formula is C32H32Cl2O2SiZr. The summed E-state index contributed by atoms with van der Waals surface area (Å²) in [5.41, 5.74) is 4.95. The van der Waals surface area contributed by atoms with Crippen LogP contribution in [0.4, 0.5) is 0 Å². The summed E-state index contributed by atoms with van der Waals surface area (Å²) in [6, 6.07) is 29.6. The molecule has 2 radical (unpaired) electrons. The quantitative estimate of drug-likeness (QED) is 0.139. The Balaban J connectivity index is 0.000000175. The van der Waals surface area contributed by atoms with Gasteiger partial charge in [0.2, 0.25) is 0 Å². The van der Waals surface area contributed by atoms with Crippen molar-refractivity contribution in [2.24, 2.45) is 0 Å². The van der Waals surface area contributed by atoms with E-state index in [-0.39, 0.29) is 0 Å². The molecule has 0 spiro atoms. The zero-order valence-corrected chi connectivity index (χ0v) is 27.6. The summed E-state index contributed by atoms with van der Waals surface area (Å²) in [7, 11) is 11.0. The fraction of sp³-hybridized carbons (Fsp3) is 0.188. The first-order chi connectivity index (χ1) is 18.3. The Morgan fingerprint density at radius 3 is 1.32 bits per heavy atom. The van der Waals surface area contributed by atoms with Crippen LogP contribution in [-0.4, -0.2) is 9.52 Å². The van der Waals surface area contributed by atoms with Gasteiger partial charge < -0.3 is 8.83 Å². The summed E-state index contributed by atoms with van der Waals surface area (Å²) in [6.07, 6.45) is 0. The number of rotatable bonds is 2. The van der Waals surface area contributed by atoms with Crippen molar-refractivity contribution >= 4 is 48.1 Å². The van der Waals surface area contributed by atoms with Gasteiger partial charge in [-0.15, -0.1) is 69.1 Å². The van der Waals surface area contributed by atoms with Crippen LogP contribution in [0.3, 0.4) is 0 Å².